The van der Waals surface area contributed by atoms with Crippen LogP contribution in [0.25, 0.3) is 10.9 Å². The average Bonchev–Trinajstić information content (AvgIpc) is 3.45. The first kappa shape index (κ1) is 23.6. The zero-order valence-electron chi connectivity index (χ0n) is 19.3. The second-order valence-corrected chi connectivity index (χ2v) is 10.5. The minimum Gasteiger partial charge on any atom is -0.352 e. The van der Waals surface area contributed by atoms with Gasteiger partial charge in [0.05, 0.1) is 0 Å². The van der Waals surface area contributed by atoms with Crippen molar-refractivity contribution in [2.75, 3.05) is 0 Å². The molecule has 33 heavy (non-hydrogen) atoms. The molecule has 180 valence electrons. The van der Waals surface area contributed by atoms with Crippen LogP contribution < -0.4 is 10.6 Å². The summed E-state index contributed by atoms with van der Waals surface area (Å²) < 4.78 is 43.3. The predicted octanol–water partition coefficient (Wildman–Crippen LogP) is 4.42. The number of hydrogen-bond donors (Lipinski definition) is 2. The van der Waals surface area contributed by atoms with E-state index >= 15 is 0 Å². The molecule has 0 unspecified atom stereocenters. The zero-order chi connectivity index (χ0) is 24.0. The Morgan fingerprint density at radius 1 is 1.18 bits per heavy atom. The highest BCUT2D eigenvalue weighted by Crippen LogP contribution is 2.37. The number of halogens is 3. The van der Waals surface area contributed by atoms with E-state index in [1.54, 1.807) is 6.07 Å². The fraction of sp³-hybridized carbons (Fsp3) is 0.625. The Morgan fingerprint density at radius 2 is 1.85 bits per heavy atom. The van der Waals surface area contributed by atoms with E-state index in [0.717, 1.165) is 12.8 Å². The first-order valence-corrected chi connectivity index (χ1v) is 11.6. The summed E-state index contributed by atoms with van der Waals surface area (Å²) in [5.74, 6) is -4.07. The molecule has 9 heteroatoms. The number of nitrogens with zero attached hydrogens (tertiary/aromatic N) is 2. The lowest BCUT2D eigenvalue weighted by atomic mass is 9.86. The van der Waals surface area contributed by atoms with E-state index in [-0.39, 0.29) is 48.5 Å². The molecule has 2 saturated carbocycles. The highest BCUT2D eigenvalue weighted by Gasteiger charge is 2.38. The Kier molecular flexibility index (Phi) is 6.18. The van der Waals surface area contributed by atoms with Gasteiger partial charge < -0.3 is 10.6 Å². The molecule has 2 aromatic rings. The summed E-state index contributed by atoms with van der Waals surface area (Å²) in [5.41, 5.74) is -0.347. The van der Waals surface area contributed by atoms with E-state index in [1.165, 1.54) is 16.8 Å². The number of alkyl halides is 2. The van der Waals surface area contributed by atoms with E-state index in [1.807, 2.05) is 20.8 Å². The summed E-state index contributed by atoms with van der Waals surface area (Å²) in [5, 5.41) is 10.5. The summed E-state index contributed by atoms with van der Waals surface area (Å²) in [6.45, 7) is 5.84. The molecule has 6 nitrogen and oxygen atoms in total. The fourth-order valence-electron chi connectivity index (χ4n) is 4.41. The average molecular weight is 465 g/mol. The third kappa shape index (κ3) is 5.33. The van der Waals surface area contributed by atoms with Gasteiger partial charge >= 0.3 is 0 Å². The molecule has 0 radical (unpaired) electrons. The van der Waals surface area contributed by atoms with Crippen molar-refractivity contribution in [3.05, 3.63) is 29.7 Å². The number of hydrogen-bond acceptors (Lipinski definition) is 3. The van der Waals surface area contributed by atoms with Crippen LogP contribution >= 0.6 is 0 Å². The largest absolute Gasteiger partial charge is 0.352 e. The molecule has 1 heterocycles. The van der Waals surface area contributed by atoms with Crippen LogP contribution in [0.3, 0.4) is 0 Å². The minimum absolute atomic E-state index is 0.0270. The van der Waals surface area contributed by atoms with Crippen LogP contribution in [0, 0.1) is 17.2 Å². The molecule has 0 bridgehead atoms. The molecule has 4 rings (SSSR count). The quantitative estimate of drug-likeness (QED) is 0.664. The predicted molar refractivity (Wildman–Crippen MR) is 118 cm³/mol. The van der Waals surface area contributed by atoms with Crippen LogP contribution in [-0.4, -0.2) is 39.6 Å². The van der Waals surface area contributed by atoms with Gasteiger partial charge in [-0.05, 0) is 43.1 Å². The normalized spacial score (nSPS) is 19.9. The molecule has 2 amide bonds. The van der Waals surface area contributed by atoms with Crippen molar-refractivity contribution in [1.82, 2.24) is 20.4 Å². The molecular weight excluding hydrogens is 433 g/mol. The van der Waals surface area contributed by atoms with Gasteiger partial charge in [0, 0.05) is 30.8 Å². The summed E-state index contributed by atoms with van der Waals surface area (Å²) in [7, 11) is 0. The van der Waals surface area contributed by atoms with E-state index in [0.29, 0.717) is 18.2 Å². The number of benzene rings is 1. The molecule has 2 aliphatic carbocycles. The molecule has 1 aromatic heterocycles. The summed E-state index contributed by atoms with van der Waals surface area (Å²) >= 11 is 0. The lowest BCUT2D eigenvalue weighted by Gasteiger charge is -2.30. The second-order valence-electron chi connectivity index (χ2n) is 10.5. The zero-order valence-corrected chi connectivity index (χ0v) is 19.3. The van der Waals surface area contributed by atoms with Crippen molar-refractivity contribution >= 4 is 22.7 Å². The maximum atomic E-state index is 14.8. The fourth-order valence-corrected chi connectivity index (χ4v) is 4.41. The molecular formula is C24H31F3N4O2. The summed E-state index contributed by atoms with van der Waals surface area (Å²) in [6, 6.07) is 3.76. The van der Waals surface area contributed by atoms with Gasteiger partial charge in [-0.2, -0.15) is 5.10 Å². The molecule has 2 fully saturated rings. The number of para-hydroxylation sites is 1. The summed E-state index contributed by atoms with van der Waals surface area (Å²) in [4.78, 5) is 26.0. The van der Waals surface area contributed by atoms with Gasteiger partial charge in [0.1, 0.15) is 17.4 Å². The van der Waals surface area contributed by atoms with Crippen molar-refractivity contribution < 1.29 is 22.8 Å². The van der Waals surface area contributed by atoms with E-state index in [2.05, 4.69) is 15.7 Å². The van der Waals surface area contributed by atoms with Crippen LogP contribution in [0.15, 0.2) is 18.2 Å². The topological polar surface area (TPSA) is 76.0 Å². The first-order chi connectivity index (χ1) is 15.4. The molecule has 0 aliphatic heterocycles. The molecule has 1 atom stereocenters. The van der Waals surface area contributed by atoms with Crippen molar-refractivity contribution in [2.24, 2.45) is 11.3 Å². The van der Waals surface area contributed by atoms with Crippen LogP contribution in [0.2, 0.25) is 0 Å². The number of rotatable bonds is 6. The molecule has 1 aromatic carbocycles. The van der Waals surface area contributed by atoms with Crippen molar-refractivity contribution in [3.8, 4) is 0 Å². The van der Waals surface area contributed by atoms with Gasteiger partial charge in [-0.3, -0.25) is 14.3 Å². The van der Waals surface area contributed by atoms with Crippen LogP contribution in [0.1, 0.15) is 69.8 Å². The Bertz CT molecular complexity index is 1050. The Morgan fingerprint density at radius 3 is 2.45 bits per heavy atom. The number of aromatic nitrogens is 2. The van der Waals surface area contributed by atoms with Gasteiger partial charge in [-0.1, -0.05) is 32.9 Å². The number of nitrogens with one attached hydrogen (secondary N) is 2. The van der Waals surface area contributed by atoms with E-state index < -0.39 is 29.1 Å². The monoisotopic (exact) mass is 464 g/mol. The highest BCUT2D eigenvalue weighted by molar-refractivity contribution is 6.06. The molecule has 2 N–H and O–H groups in total. The number of carbonyl (C=O) groups excluding carboxylic acids is 2. The molecule has 0 saturated heterocycles. The van der Waals surface area contributed by atoms with Gasteiger partial charge in [0.25, 0.3) is 5.91 Å². The third-order valence-corrected chi connectivity index (χ3v) is 6.53. The molecule has 2 aliphatic rings. The Balaban J connectivity index is 1.59. The SMILES string of the molecule is CC(C)(C)[C@H](NC(=O)c1nn(CC2CCC(F)(F)CC2)c2c(F)cccc12)C(=O)NC1CC1. The van der Waals surface area contributed by atoms with Crippen LogP contribution in [0.4, 0.5) is 13.2 Å². The van der Waals surface area contributed by atoms with E-state index in [4.69, 9.17) is 0 Å². The van der Waals surface area contributed by atoms with Crippen molar-refractivity contribution in [3.63, 3.8) is 0 Å². The number of fused-ring (bicyclic) bond motifs is 1. The lowest BCUT2D eigenvalue weighted by molar-refractivity contribution is -0.125. The van der Waals surface area contributed by atoms with Crippen molar-refractivity contribution in [2.45, 2.75) is 83.8 Å². The maximum Gasteiger partial charge on any atom is 0.273 e. The smallest absolute Gasteiger partial charge is 0.273 e. The minimum atomic E-state index is -2.65. The second kappa shape index (κ2) is 8.65. The standard InChI is InChI=1S/C24H31F3N4O2/c1-23(2,3)20(22(33)28-15-7-8-15)29-21(32)18-16-5-4-6-17(25)19(16)31(30-18)13-14-9-11-24(26,27)12-10-14/h4-6,14-15,20H,7-13H2,1-3H3,(H,28,33)(H,29,32)/t20-/m1/s1. The van der Waals surface area contributed by atoms with Gasteiger partial charge in [0.2, 0.25) is 11.8 Å². The molecule has 0 spiro atoms. The lowest BCUT2D eigenvalue weighted by Crippen LogP contribution is -2.54. The number of carbonyl (C=O) groups is 2. The Labute approximate surface area is 191 Å². The van der Waals surface area contributed by atoms with E-state index in [9.17, 15) is 22.8 Å². The third-order valence-electron chi connectivity index (χ3n) is 6.53. The van der Waals surface area contributed by atoms with Crippen molar-refractivity contribution in [1.29, 1.82) is 0 Å². The van der Waals surface area contributed by atoms with Crippen LogP contribution in [-0.2, 0) is 11.3 Å². The number of amides is 2. The Hall–Kier alpha value is -2.58. The van der Waals surface area contributed by atoms with Gasteiger partial charge in [0.15, 0.2) is 5.69 Å². The highest BCUT2D eigenvalue weighted by atomic mass is 19.3. The maximum absolute atomic E-state index is 14.8. The van der Waals surface area contributed by atoms with Gasteiger partial charge in [-0.25, -0.2) is 13.2 Å². The summed E-state index contributed by atoms with van der Waals surface area (Å²) in [6.07, 6.45) is 2.09. The van der Waals surface area contributed by atoms with Crippen LogP contribution in [0.5, 0.6) is 0 Å². The first-order valence-electron chi connectivity index (χ1n) is 11.6. The van der Waals surface area contributed by atoms with Gasteiger partial charge in [-0.15, -0.1) is 0 Å².